The zero-order valence-corrected chi connectivity index (χ0v) is 19.9. The summed E-state index contributed by atoms with van der Waals surface area (Å²) < 4.78 is 19.6. The molecule has 2 aromatic rings. The number of ketones is 1. The monoisotopic (exact) mass is 481 g/mol. The van der Waals surface area contributed by atoms with Crippen molar-refractivity contribution in [3.8, 4) is 0 Å². The highest BCUT2D eigenvalue weighted by molar-refractivity contribution is 5.83. The van der Waals surface area contributed by atoms with E-state index in [1.54, 1.807) is 23.1 Å². The Morgan fingerprint density at radius 2 is 1.77 bits per heavy atom. The average molecular weight is 482 g/mol. The predicted molar refractivity (Wildman–Crippen MR) is 128 cm³/mol. The lowest BCUT2D eigenvalue weighted by Crippen LogP contribution is -2.39. The van der Waals surface area contributed by atoms with Gasteiger partial charge in [0.1, 0.15) is 17.7 Å². The van der Waals surface area contributed by atoms with E-state index in [0.29, 0.717) is 37.4 Å². The van der Waals surface area contributed by atoms with Crippen LogP contribution in [0.4, 0.5) is 9.18 Å². The first-order chi connectivity index (χ1) is 16.9. The van der Waals surface area contributed by atoms with Gasteiger partial charge in [0.25, 0.3) is 0 Å². The van der Waals surface area contributed by atoms with Crippen LogP contribution in [0.3, 0.4) is 0 Å². The average Bonchev–Trinajstić information content (AvgIpc) is 2.84. The van der Waals surface area contributed by atoms with Crippen molar-refractivity contribution in [2.45, 2.75) is 70.4 Å². The van der Waals surface area contributed by atoms with E-state index in [0.717, 1.165) is 42.4 Å². The number of carboxylic acids is 1. The number of carbonyl (C=O) groups excluding carboxylic acids is 2. The summed E-state index contributed by atoms with van der Waals surface area (Å²) in [6.07, 6.45) is 4.87. The van der Waals surface area contributed by atoms with E-state index in [9.17, 15) is 18.8 Å². The largest absolute Gasteiger partial charge is 0.481 e. The number of halogens is 1. The second-order valence-electron chi connectivity index (χ2n) is 9.72. The Morgan fingerprint density at radius 3 is 2.51 bits per heavy atom. The molecule has 6 nitrogen and oxygen atoms in total. The molecular weight excluding hydrogens is 449 g/mol. The second kappa shape index (κ2) is 11.5. The Labute approximate surface area is 205 Å². The molecule has 0 bridgehead atoms. The van der Waals surface area contributed by atoms with Crippen LogP contribution in [-0.2, 0) is 40.1 Å². The van der Waals surface area contributed by atoms with Gasteiger partial charge in [0, 0.05) is 32.4 Å². The van der Waals surface area contributed by atoms with Crippen molar-refractivity contribution in [1.82, 2.24) is 4.90 Å². The van der Waals surface area contributed by atoms with Gasteiger partial charge in [-0.3, -0.25) is 9.59 Å². The number of rotatable bonds is 8. The lowest BCUT2D eigenvalue weighted by Gasteiger charge is -2.32. The number of Topliss-reactive ketones (excluding diaryl/α,β-unsaturated/α-hetero) is 1. The number of hydrogen-bond acceptors (Lipinski definition) is 4. The molecule has 2 aliphatic rings. The summed E-state index contributed by atoms with van der Waals surface area (Å²) in [6.45, 7) is 1.04. The van der Waals surface area contributed by atoms with Gasteiger partial charge in [-0.15, -0.1) is 0 Å². The maximum Gasteiger partial charge on any atom is 0.410 e. The number of ether oxygens (including phenoxy) is 1. The van der Waals surface area contributed by atoms with Gasteiger partial charge in [0.2, 0.25) is 0 Å². The van der Waals surface area contributed by atoms with Gasteiger partial charge in [-0.2, -0.15) is 0 Å². The summed E-state index contributed by atoms with van der Waals surface area (Å²) in [7, 11) is 0. The molecule has 0 unspecified atom stereocenters. The van der Waals surface area contributed by atoms with Gasteiger partial charge < -0.3 is 14.7 Å². The predicted octanol–water partition coefficient (Wildman–Crippen LogP) is 5.10. The first-order valence-electron chi connectivity index (χ1n) is 12.4. The highest BCUT2D eigenvalue weighted by Gasteiger charge is 2.28. The van der Waals surface area contributed by atoms with Crippen LogP contribution in [0, 0.1) is 11.7 Å². The molecular formula is C28H32FNO5. The molecule has 35 heavy (non-hydrogen) atoms. The Hall–Kier alpha value is -3.22. The van der Waals surface area contributed by atoms with Crippen molar-refractivity contribution in [3.63, 3.8) is 0 Å². The number of carboxylic acid groups (broad SMARTS) is 1. The fraction of sp³-hybridized carbons (Fsp3) is 0.464. The van der Waals surface area contributed by atoms with E-state index in [-0.39, 0.29) is 43.1 Å². The van der Waals surface area contributed by atoms with E-state index in [4.69, 9.17) is 9.84 Å². The quantitative estimate of drug-likeness (QED) is 0.567. The third kappa shape index (κ3) is 6.90. The number of aliphatic carboxylic acids is 1. The van der Waals surface area contributed by atoms with Gasteiger partial charge in [0.05, 0.1) is 0 Å². The van der Waals surface area contributed by atoms with Gasteiger partial charge in [-0.25, -0.2) is 9.18 Å². The van der Waals surface area contributed by atoms with Gasteiger partial charge in [-0.05, 0) is 72.8 Å². The molecule has 2 aromatic carbocycles. The summed E-state index contributed by atoms with van der Waals surface area (Å²) in [6, 6.07) is 12.2. The Morgan fingerprint density at radius 1 is 1.00 bits per heavy atom. The maximum atomic E-state index is 13.8. The van der Waals surface area contributed by atoms with Crippen LogP contribution in [0.15, 0.2) is 42.5 Å². The number of nitrogens with zero attached hydrogens (tertiary/aromatic N) is 1. The highest BCUT2D eigenvalue weighted by atomic mass is 19.1. The smallest absolute Gasteiger partial charge is 0.410 e. The standard InChI is InChI=1S/C28H32FNO5/c29-26-4-2-1-3-22(26)17-24(31)16-20-5-9-23-18-30(14-13-21(23)15-20)28(34)35-25-10-6-19(7-11-25)8-12-27(32)33/h1-5,9,15,19,25H,6-8,10-14,16-18H2,(H,32,33). The van der Waals surface area contributed by atoms with E-state index >= 15 is 0 Å². The minimum absolute atomic E-state index is 0.0336. The number of hydrogen-bond donors (Lipinski definition) is 1. The molecule has 0 atom stereocenters. The molecule has 1 aliphatic heterocycles. The van der Waals surface area contributed by atoms with Crippen LogP contribution < -0.4 is 0 Å². The van der Waals surface area contributed by atoms with Crippen LogP contribution in [0.2, 0.25) is 0 Å². The van der Waals surface area contributed by atoms with Crippen LogP contribution in [0.25, 0.3) is 0 Å². The Kier molecular flexibility index (Phi) is 8.16. The lowest BCUT2D eigenvalue weighted by molar-refractivity contribution is -0.137. The fourth-order valence-electron chi connectivity index (χ4n) is 5.10. The van der Waals surface area contributed by atoms with Gasteiger partial charge in [0.15, 0.2) is 0 Å². The van der Waals surface area contributed by atoms with E-state index in [1.807, 2.05) is 18.2 Å². The topological polar surface area (TPSA) is 83.9 Å². The second-order valence-corrected chi connectivity index (χ2v) is 9.72. The minimum Gasteiger partial charge on any atom is -0.481 e. The molecule has 1 fully saturated rings. The zero-order chi connectivity index (χ0) is 24.8. The normalized spacial score (nSPS) is 19.6. The first-order valence-corrected chi connectivity index (χ1v) is 12.4. The molecule has 1 N–H and O–H groups in total. The molecule has 0 saturated heterocycles. The van der Waals surface area contributed by atoms with Crippen LogP contribution in [0.1, 0.15) is 60.8 Å². The number of benzene rings is 2. The molecule has 4 rings (SSSR count). The molecule has 7 heteroatoms. The van der Waals surface area contributed by atoms with Crippen molar-refractivity contribution in [2.75, 3.05) is 6.54 Å². The SMILES string of the molecule is O=C(O)CCC1CCC(OC(=O)N2CCc3cc(CC(=O)Cc4ccccc4F)ccc3C2)CC1. The van der Waals surface area contributed by atoms with Crippen molar-refractivity contribution >= 4 is 17.8 Å². The lowest BCUT2D eigenvalue weighted by atomic mass is 9.84. The molecule has 1 aliphatic carbocycles. The Bertz CT molecular complexity index is 1080. The minimum atomic E-state index is -0.759. The molecule has 1 amide bonds. The highest BCUT2D eigenvalue weighted by Crippen LogP contribution is 2.30. The summed E-state index contributed by atoms with van der Waals surface area (Å²) in [5.74, 6) is -0.751. The third-order valence-corrected chi connectivity index (χ3v) is 7.12. The van der Waals surface area contributed by atoms with Crippen molar-refractivity contribution < 1.29 is 28.6 Å². The number of amides is 1. The zero-order valence-electron chi connectivity index (χ0n) is 19.9. The molecule has 0 spiro atoms. The first kappa shape index (κ1) is 24.9. The summed E-state index contributed by atoms with van der Waals surface area (Å²) >= 11 is 0. The summed E-state index contributed by atoms with van der Waals surface area (Å²) in [4.78, 5) is 37.7. The van der Waals surface area contributed by atoms with Crippen LogP contribution >= 0.6 is 0 Å². The number of fused-ring (bicyclic) bond motifs is 1. The van der Waals surface area contributed by atoms with Crippen molar-refractivity contribution in [1.29, 1.82) is 0 Å². The fourth-order valence-corrected chi connectivity index (χ4v) is 5.10. The van der Waals surface area contributed by atoms with Crippen LogP contribution in [-0.4, -0.2) is 40.5 Å². The maximum absolute atomic E-state index is 13.8. The van der Waals surface area contributed by atoms with Gasteiger partial charge >= 0.3 is 12.1 Å². The summed E-state index contributed by atoms with van der Waals surface area (Å²) in [5, 5.41) is 8.84. The molecule has 186 valence electrons. The molecule has 1 heterocycles. The third-order valence-electron chi connectivity index (χ3n) is 7.12. The van der Waals surface area contributed by atoms with Crippen LogP contribution in [0.5, 0.6) is 0 Å². The van der Waals surface area contributed by atoms with Gasteiger partial charge in [-0.1, -0.05) is 36.4 Å². The molecule has 0 radical (unpaired) electrons. The van der Waals surface area contributed by atoms with Crippen molar-refractivity contribution in [3.05, 3.63) is 70.5 Å². The van der Waals surface area contributed by atoms with E-state index in [2.05, 4.69) is 0 Å². The molecule has 1 saturated carbocycles. The van der Waals surface area contributed by atoms with E-state index < -0.39 is 5.97 Å². The van der Waals surface area contributed by atoms with E-state index in [1.165, 1.54) is 6.07 Å². The summed E-state index contributed by atoms with van der Waals surface area (Å²) in [5.41, 5.74) is 3.50. The Balaban J connectivity index is 1.25. The number of carbonyl (C=O) groups is 3. The molecule has 0 aromatic heterocycles. The van der Waals surface area contributed by atoms with Crippen molar-refractivity contribution in [2.24, 2.45) is 5.92 Å².